The van der Waals surface area contributed by atoms with Crippen LogP contribution in [0.4, 0.5) is 11.4 Å². The highest BCUT2D eigenvalue weighted by Crippen LogP contribution is 2.19. The Bertz CT molecular complexity index is 297. The molecule has 0 atom stereocenters. The number of nitrogens with zero attached hydrogens (tertiary/aromatic N) is 1. The van der Waals surface area contributed by atoms with Crippen molar-refractivity contribution in [2.24, 2.45) is 0 Å². The highest BCUT2D eigenvalue weighted by Gasteiger charge is 2.09. The van der Waals surface area contributed by atoms with Gasteiger partial charge in [-0.3, -0.25) is 10.7 Å². The van der Waals surface area contributed by atoms with E-state index in [0.29, 0.717) is 0 Å². The number of nitrogens with one attached hydrogen (secondary N) is 2. The summed E-state index contributed by atoms with van der Waals surface area (Å²) in [6.07, 6.45) is 0. The Kier molecular flexibility index (Phi) is 2.86. The van der Waals surface area contributed by atoms with Crippen LogP contribution in [0, 0.1) is 0 Å². The highest BCUT2D eigenvalue weighted by atomic mass is 16.5. The zero-order valence-corrected chi connectivity index (χ0v) is 8.03. The van der Waals surface area contributed by atoms with Crippen LogP contribution >= 0.6 is 0 Å². The summed E-state index contributed by atoms with van der Waals surface area (Å²) in [6, 6.07) is 7.79. The summed E-state index contributed by atoms with van der Waals surface area (Å²) in [6.45, 7) is 4.09. The van der Waals surface area contributed by atoms with Crippen LogP contribution in [-0.2, 0) is 0 Å². The van der Waals surface area contributed by atoms with E-state index in [1.807, 2.05) is 18.2 Å². The summed E-state index contributed by atoms with van der Waals surface area (Å²) in [4.78, 5) is 2.30. The molecular weight excluding hydrogens is 178 g/mol. The van der Waals surface area contributed by atoms with Gasteiger partial charge in [0.25, 0.3) is 0 Å². The number of anilines is 2. The fourth-order valence-corrected chi connectivity index (χ4v) is 1.70. The standard InChI is InChI=1S/C10H15N3O/c14-12-9-2-1-3-10(8-9)13-6-4-11-5-7-13/h1-3,8,11-12,14H,4-7H2. The second-order valence-electron chi connectivity index (χ2n) is 3.40. The highest BCUT2D eigenvalue weighted by molar-refractivity contribution is 5.57. The van der Waals surface area contributed by atoms with E-state index in [2.05, 4.69) is 21.8 Å². The van der Waals surface area contributed by atoms with Crippen molar-refractivity contribution in [3.8, 4) is 0 Å². The van der Waals surface area contributed by atoms with Crippen LogP contribution in [0.15, 0.2) is 24.3 Å². The Morgan fingerprint density at radius 1 is 1.29 bits per heavy atom. The van der Waals surface area contributed by atoms with Gasteiger partial charge in [-0.15, -0.1) is 0 Å². The summed E-state index contributed by atoms with van der Waals surface area (Å²) in [5.74, 6) is 0. The number of rotatable bonds is 2. The average molecular weight is 193 g/mol. The van der Waals surface area contributed by atoms with Crippen LogP contribution < -0.4 is 15.7 Å². The van der Waals surface area contributed by atoms with Gasteiger partial charge in [-0.25, -0.2) is 0 Å². The molecule has 1 aromatic carbocycles. The quantitative estimate of drug-likeness (QED) is 0.611. The van der Waals surface area contributed by atoms with Gasteiger partial charge in [0.2, 0.25) is 0 Å². The van der Waals surface area contributed by atoms with Crippen molar-refractivity contribution in [3.05, 3.63) is 24.3 Å². The molecule has 1 aliphatic rings. The largest absolute Gasteiger partial charge is 0.369 e. The molecule has 0 radical (unpaired) electrons. The summed E-state index contributed by atoms with van der Waals surface area (Å²) in [7, 11) is 0. The van der Waals surface area contributed by atoms with Crippen molar-refractivity contribution in [1.82, 2.24) is 5.32 Å². The molecule has 0 aromatic heterocycles. The van der Waals surface area contributed by atoms with Gasteiger partial charge in [0, 0.05) is 31.9 Å². The van der Waals surface area contributed by atoms with Crippen LogP contribution in [0.5, 0.6) is 0 Å². The molecular formula is C10H15N3O. The molecule has 1 aliphatic heterocycles. The van der Waals surface area contributed by atoms with Crippen LogP contribution in [0.2, 0.25) is 0 Å². The maximum atomic E-state index is 8.78. The monoisotopic (exact) mass is 193 g/mol. The van der Waals surface area contributed by atoms with Gasteiger partial charge >= 0.3 is 0 Å². The lowest BCUT2D eigenvalue weighted by Gasteiger charge is -2.29. The maximum absolute atomic E-state index is 8.78. The Labute approximate surface area is 83.5 Å². The minimum absolute atomic E-state index is 0.737. The van der Waals surface area contributed by atoms with Gasteiger partial charge in [-0.2, -0.15) is 0 Å². The molecule has 1 heterocycles. The molecule has 4 nitrogen and oxygen atoms in total. The molecule has 0 bridgehead atoms. The molecule has 14 heavy (non-hydrogen) atoms. The minimum Gasteiger partial charge on any atom is -0.369 e. The van der Waals surface area contributed by atoms with Gasteiger partial charge in [0.05, 0.1) is 5.69 Å². The van der Waals surface area contributed by atoms with Gasteiger partial charge in [-0.05, 0) is 18.2 Å². The Hall–Kier alpha value is -1.26. The predicted octanol–water partition coefficient (Wildman–Crippen LogP) is 0.897. The van der Waals surface area contributed by atoms with E-state index < -0.39 is 0 Å². The van der Waals surface area contributed by atoms with Gasteiger partial charge in [0.1, 0.15) is 0 Å². The first-order valence-corrected chi connectivity index (χ1v) is 4.86. The number of benzene rings is 1. The molecule has 0 saturated carbocycles. The smallest absolute Gasteiger partial charge is 0.0622 e. The number of hydrogen-bond donors (Lipinski definition) is 3. The van der Waals surface area contributed by atoms with E-state index in [0.717, 1.165) is 37.6 Å². The molecule has 1 aromatic rings. The predicted molar refractivity (Wildman–Crippen MR) is 56.9 cm³/mol. The summed E-state index contributed by atoms with van der Waals surface area (Å²) in [5, 5.41) is 12.1. The lowest BCUT2D eigenvalue weighted by atomic mass is 10.2. The summed E-state index contributed by atoms with van der Waals surface area (Å²) in [5.41, 5.74) is 4.06. The van der Waals surface area contributed by atoms with Crippen molar-refractivity contribution >= 4 is 11.4 Å². The third-order valence-electron chi connectivity index (χ3n) is 2.46. The topological polar surface area (TPSA) is 47.5 Å². The van der Waals surface area contributed by atoms with Crippen molar-refractivity contribution in [2.75, 3.05) is 36.6 Å². The average Bonchev–Trinajstić information content (AvgIpc) is 2.30. The minimum atomic E-state index is 0.737. The summed E-state index contributed by atoms with van der Waals surface area (Å²) < 4.78 is 0. The van der Waals surface area contributed by atoms with Crippen molar-refractivity contribution in [2.45, 2.75) is 0 Å². The Morgan fingerprint density at radius 3 is 2.79 bits per heavy atom. The number of piperazine rings is 1. The summed E-state index contributed by atoms with van der Waals surface area (Å²) >= 11 is 0. The fourth-order valence-electron chi connectivity index (χ4n) is 1.70. The van der Waals surface area contributed by atoms with Crippen LogP contribution in [0.25, 0.3) is 0 Å². The molecule has 2 rings (SSSR count). The fraction of sp³-hybridized carbons (Fsp3) is 0.400. The lowest BCUT2D eigenvalue weighted by molar-refractivity contribution is 0.389. The second-order valence-corrected chi connectivity index (χ2v) is 3.40. The van der Waals surface area contributed by atoms with E-state index in [4.69, 9.17) is 5.21 Å². The van der Waals surface area contributed by atoms with Crippen molar-refractivity contribution < 1.29 is 5.21 Å². The second kappa shape index (κ2) is 4.30. The molecule has 0 spiro atoms. The van der Waals surface area contributed by atoms with Crippen LogP contribution in [-0.4, -0.2) is 31.4 Å². The molecule has 1 saturated heterocycles. The van der Waals surface area contributed by atoms with E-state index in [1.165, 1.54) is 0 Å². The molecule has 0 aliphatic carbocycles. The molecule has 0 unspecified atom stereocenters. The normalized spacial score (nSPS) is 16.8. The lowest BCUT2D eigenvalue weighted by Crippen LogP contribution is -2.43. The first-order valence-electron chi connectivity index (χ1n) is 4.86. The van der Waals surface area contributed by atoms with Gasteiger partial charge < -0.3 is 10.2 Å². The molecule has 1 fully saturated rings. The maximum Gasteiger partial charge on any atom is 0.0622 e. The van der Waals surface area contributed by atoms with Gasteiger partial charge in [0.15, 0.2) is 0 Å². The third-order valence-corrected chi connectivity index (χ3v) is 2.46. The zero-order valence-electron chi connectivity index (χ0n) is 8.03. The molecule has 76 valence electrons. The zero-order chi connectivity index (χ0) is 9.80. The molecule has 3 N–H and O–H groups in total. The third kappa shape index (κ3) is 1.97. The number of hydrogen-bond acceptors (Lipinski definition) is 4. The van der Waals surface area contributed by atoms with E-state index in [9.17, 15) is 0 Å². The van der Waals surface area contributed by atoms with E-state index >= 15 is 0 Å². The Morgan fingerprint density at radius 2 is 2.07 bits per heavy atom. The first-order chi connectivity index (χ1) is 6.90. The van der Waals surface area contributed by atoms with E-state index in [-0.39, 0.29) is 0 Å². The first kappa shape index (κ1) is 9.30. The van der Waals surface area contributed by atoms with Gasteiger partial charge in [-0.1, -0.05) is 6.07 Å². The van der Waals surface area contributed by atoms with Crippen molar-refractivity contribution in [1.29, 1.82) is 0 Å². The van der Waals surface area contributed by atoms with Crippen molar-refractivity contribution in [3.63, 3.8) is 0 Å². The van der Waals surface area contributed by atoms with Crippen LogP contribution in [0.1, 0.15) is 0 Å². The molecule has 0 amide bonds. The Balaban J connectivity index is 2.13. The molecule has 4 heteroatoms. The van der Waals surface area contributed by atoms with E-state index in [1.54, 1.807) is 0 Å². The van der Waals surface area contributed by atoms with Crippen LogP contribution in [0.3, 0.4) is 0 Å². The SMILES string of the molecule is ONc1cccc(N2CCNCC2)c1.